The van der Waals surface area contributed by atoms with Crippen LogP contribution in [0.25, 0.3) is 5.69 Å². The number of carbonyl (C=O) groups excluding carboxylic acids is 1. The van der Waals surface area contributed by atoms with E-state index in [4.69, 9.17) is 5.11 Å². The summed E-state index contributed by atoms with van der Waals surface area (Å²) in [7, 11) is 0. The Kier molecular flexibility index (Phi) is 5.05. The topological polar surface area (TPSA) is 67.2 Å². The van der Waals surface area contributed by atoms with Gasteiger partial charge >= 0.3 is 0 Å². The van der Waals surface area contributed by atoms with E-state index in [0.29, 0.717) is 18.5 Å². The number of carbonyl (C=O) groups is 1. The number of rotatable bonds is 6. The maximum absolute atomic E-state index is 14.0. The molecule has 1 heterocycles. The van der Waals surface area contributed by atoms with Crippen molar-refractivity contribution in [2.45, 2.75) is 25.8 Å². The molecule has 0 aliphatic rings. The Morgan fingerprint density at radius 1 is 1.52 bits per heavy atom. The fourth-order valence-corrected chi connectivity index (χ4v) is 2.02. The average molecular weight is 291 g/mol. The molecule has 0 aliphatic carbocycles. The summed E-state index contributed by atoms with van der Waals surface area (Å²) in [6.07, 6.45) is 4.49. The van der Waals surface area contributed by atoms with Crippen molar-refractivity contribution in [2.75, 3.05) is 6.61 Å². The van der Waals surface area contributed by atoms with Crippen LogP contribution in [-0.4, -0.2) is 33.4 Å². The van der Waals surface area contributed by atoms with Gasteiger partial charge < -0.3 is 10.4 Å². The zero-order valence-corrected chi connectivity index (χ0v) is 11.8. The van der Waals surface area contributed by atoms with Crippen LogP contribution in [0.3, 0.4) is 0 Å². The minimum absolute atomic E-state index is 0.0708. The Balaban J connectivity index is 2.07. The van der Waals surface area contributed by atoms with Crippen LogP contribution in [0.2, 0.25) is 0 Å². The van der Waals surface area contributed by atoms with Crippen molar-refractivity contribution in [1.29, 1.82) is 0 Å². The maximum atomic E-state index is 14.0. The van der Waals surface area contributed by atoms with Crippen molar-refractivity contribution in [3.8, 4) is 5.69 Å². The van der Waals surface area contributed by atoms with E-state index in [1.165, 1.54) is 16.8 Å². The van der Waals surface area contributed by atoms with Gasteiger partial charge in [-0.2, -0.15) is 5.10 Å². The molecule has 1 atom stereocenters. The first-order valence-electron chi connectivity index (χ1n) is 6.83. The van der Waals surface area contributed by atoms with Gasteiger partial charge in [0.15, 0.2) is 0 Å². The lowest BCUT2D eigenvalue weighted by atomic mass is 10.1. The highest BCUT2D eigenvalue weighted by molar-refractivity contribution is 5.94. The van der Waals surface area contributed by atoms with Gasteiger partial charge in [-0.3, -0.25) is 4.79 Å². The molecule has 0 fully saturated rings. The zero-order valence-electron chi connectivity index (χ0n) is 11.8. The van der Waals surface area contributed by atoms with E-state index in [1.54, 1.807) is 24.5 Å². The molecule has 1 aromatic heterocycles. The highest BCUT2D eigenvalue weighted by Crippen LogP contribution is 2.14. The van der Waals surface area contributed by atoms with Crippen LogP contribution in [0.1, 0.15) is 30.1 Å². The third-order valence-corrected chi connectivity index (χ3v) is 3.13. The predicted molar refractivity (Wildman–Crippen MR) is 76.8 cm³/mol. The SMILES string of the molecule is CC(CCCO)NC(=O)c1ccc(-n2cccn2)c(F)c1. The fourth-order valence-electron chi connectivity index (χ4n) is 2.02. The molecule has 5 nitrogen and oxygen atoms in total. The highest BCUT2D eigenvalue weighted by atomic mass is 19.1. The van der Waals surface area contributed by atoms with Crippen LogP contribution >= 0.6 is 0 Å². The van der Waals surface area contributed by atoms with Gasteiger partial charge in [-0.25, -0.2) is 9.07 Å². The molecule has 2 N–H and O–H groups in total. The molecule has 1 amide bonds. The maximum Gasteiger partial charge on any atom is 0.251 e. The van der Waals surface area contributed by atoms with E-state index >= 15 is 0 Å². The number of halogens is 1. The second-order valence-electron chi connectivity index (χ2n) is 4.86. The number of benzene rings is 1. The number of aliphatic hydroxyl groups is 1. The number of aromatic nitrogens is 2. The van der Waals surface area contributed by atoms with E-state index in [9.17, 15) is 9.18 Å². The summed E-state index contributed by atoms with van der Waals surface area (Å²) in [6, 6.07) is 5.91. The minimum atomic E-state index is -0.505. The van der Waals surface area contributed by atoms with E-state index in [2.05, 4.69) is 10.4 Å². The summed E-state index contributed by atoms with van der Waals surface area (Å²) < 4.78 is 15.4. The lowest BCUT2D eigenvalue weighted by molar-refractivity contribution is 0.0936. The molecule has 1 aromatic carbocycles. The van der Waals surface area contributed by atoms with Crippen molar-refractivity contribution >= 4 is 5.91 Å². The number of hydrogen-bond donors (Lipinski definition) is 2. The van der Waals surface area contributed by atoms with E-state index in [0.717, 1.165) is 0 Å². The Hall–Kier alpha value is -2.21. The van der Waals surface area contributed by atoms with Gasteiger partial charge in [0.25, 0.3) is 5.91 Å². The third kappa shape index (κ3) is 3.88. The number of hydrogen-bond acceptors (Lipinski definition) is 3. The molecule has 112 valence electrons. The van der Waals surface area contributed by atoms with Crippen LogP contribution in [0.4, 0.5) is 4.39 Å². The molecule has 0 bridgehead atoms. The van der Waals surface area contributed by atoms with Gasteiger partial charge in [-0.15, -0.1) is 0 Å². The molecule has 0 saturated heterocycles. The highest BCUT2D eigenvalue weighted by Gasteiger charge is 2.13. The second-order valence-corrected chi connectivity index (χ2v) is 4.86. The summed E-state index contributed by atoms with van der Waals surface area (Å²) in [5, 5.41) is 15.5. The number of amides is 1. The minimum Gasteiger partial charge on any atom is -0.396 e. The van der Waals surface area contributed by atoms with Crippen LogP contribution in [0.5, 0.6) is 0 Å². The van der Waals surface area contributed by atoms with Gasteiger partial charge in [0.2, 0.25) is 0 Å². The van der Waals surface area contributed by atoms with Crippen LogP contribution < -0.4 is 5.32 Å². The lowest BCUT2D eigenvalue weighted by Crippen LogP contribution is -2.32. The molecule has 0 spiro atoms. The monoisotopic (exact) mass is 291 g/mol. The summed E-state index contributed by atoms with van der Waals surface area (Å²) in [5.41, 5.74) is 0.559. The van der Waals surface area contributed by atoms with Crippen molar-refractivity contribution in [3.05, 3.63) is 48.0 Å². The Bertz CT molecular complexity index is 599. The van der Waals surface area contributed by atoms with Gasteiger partial charge in [0, 0.05) is 30.6 Å². The van der Waals surface area contributed by atoms with Crippen molar-refractivity contribution in [2.24, 2.45) is 0 Å². The van der Waals surface area contributed by atoms with Gasteiger partial charge in [0.05, 0.1) is 0 Å². The number of nitrogens with one attached hydrogen (secondary N) is 1. The zero-order chi connectivity index (χ0) is 15.2. The normalized spacial score (nSPS) is 12.1. The number of aliphatic hydroxyl groups excluding tert-OH is 1. The van der Waals surface area contributed by atoms with E-state index in [-0.39, 0.29) is 24.1 Å². The Morgan fingerprint density at radius 2 is 2.33 bits per heavy atom. The molecule has 0 saturated carbocycles. The molecule has 1 unspecified atom stereocenters. The summed E-state index contributed by atoms with van der Waals surface area (Å²) >= 11 is 0. The summed E-state index contributed by atoms with van der Waals surface area (Å²) in [5.74, 6) is -0.833. The van der Waals surface area contributed by atoms with E-state index in [1.807, 2.05) is 6.92 Å². The molecule has 0 radical (unpaired) electrons. The molecule has 6 heteroatoms. The van der Waals surface area contributed by atoms with Gasteiger partial charge in [-0.05, 0) is 44.0 Å². The Labute approximate surface area is 122 Å². The fraction of sp³-hybridized carbons (Fsp3) is 0.333. The standard InChI is InChI=1S/C15H18FN3O2/c1-11(4-2-9-20)18-15(21)12-5-6-14(13(16)10-12)19-8-3-7-17-19/h3,5-8,10-11,20H,2,4,9H2,1H3,(H,18,21). The number of nitrogens with zero attached hydrogens (tertiary/aromatic N) is 2. The predicted octanol–water partition coefficient (Wildman–Crippen LogP) is 1.90. The first-order valence-corrected chi connectivity index (χ1v) is 6.83. The van der Waals surface area contributed by atoms with Crippen LogP contribution in [-0.2, 0) is 0 Å². The van der Waals surface area contributed by atoms with Crippen molar-refractivity contribution < 1.29 is 14.3 Å². The summed E-state index contributed by atoms with van der Waals surface area (Å²) in [4.78, 5) is 12.0. The van der Waals surface area contributed by atoms with Gasteiger partial charge in [-0.1, -0.05) is 0 Å². The molecule has 21 heavy (non-hydrogen) atoms. The lowest BCUT2D eigenvalue weighted by Gasteiger charge is -2.13. The summed E-state index contributed by atoms with van der Waals surface area (Å²) in [6.45, 7) is 1.94. The average Bonchev–Trinajstić information content (AvgIpc) is 2.98. The van der Waals surface area contributed by atoms with Crippen molar-refractivity contribution in [3.63, 3.8) is 0 Å². The van der Waals surface area contributed by atoms with Crippen molar-refractivity contribution in [1.82, 2.24) is 15.1 Å². The molecule has 2 rings (SSSR count). The third-order valence-electron chi connectivity index (χ3n) is 3.13. The largest absolute Gasteiger partial charge is 0.396 e. The first kappa shape index (κ1) is 15.2. The first-order chi connectivity index (χ1) is 10.1. The molecule has 0 aliphatic heterocycles. The second kappa shape index (κ2) is 6.99. The van der Waals surface area contributed by atoms with Crippen LogP contribution in [0.15, 0.2) is 36.7 Å². The van der Waals surface area contributed by atoms with E-state index < -0.39 is 5.82 Å². The Morgan fingerprint density at radius 3 is 2.95 bits per heavy atom. The smallest absolute Gasteiger partial charge is 0.251 e. The van der Waals surface area contributed by atoms with Gasteiger partial charge in [0.1, 0.15) is 11.5 Å². The molecular weight excluding hydrogens is 273 g/mol. The molecular formula is C15H18FN3O2. The van der Waals surface area contributed by atoms with Crippen LogP contribution in [0, 0.1) is 5.82 Å². The quantitative estimate of drug-likeness (QED) is 0.854. The molecule has 2 aromatic rings.